The number of carbonyl (C=O) groups is 2. The van der Waals surface area contributed by atoms with E-state index < -0.39 is 0 Å². The van der Waals surface area contributed by atoms with Gasteiger partial charge in [-0.25, -0.2) is 4.98 Å². The van der Waals surface area contributed by atoms with Crippen molar-refractivity contribution >= 4 is 28.5 Å². The van der Waals surface area contributed by atoms with Crippen LogP contribution in [0.25, 0.3) is 10.9 Å². The third-order valence-electron chi connectivity index (χ3n) is 7.16. The lowest BCUT2D eigenvalue weighted by Crippen LogP contribution is -2.48. The predicted molar refractivity (Wildman–Crippen MR) is 138 cm³/mol. The first-order valence-corrected chi connectivity index (χ1v) is 12.8. The molecule has 34 heavy (non-hydrogen) atoms. The summed E-state index contributed by atoms with van der Waals surface area (Å²) in [7, 11) is 0. The Morgan fingerprint density at radius 1 is 1.09 bits per heavy atom. The van der Waals surface area contributed by atoms with Gasteiger partial charge in [-0.05, 0) is 57.2 Å². The highest BCUT2D eigenvalue weighted by Gasteiger charge is 2.24. The number of hydrogen-bond acceptors (Lipinski definition) is 4. The average molecular weight is 463 g/mol. The molecule has 2 aromatic rings. The molecule has 0 radical (unpaired) electrons. The summed E-state index contributed by atoms with van der Waals surface area (Å²) in [5, 5.41) is 1.11. The first-order chi connectivity index (χ1) is 16.4. The van der Waals surface area contributed by atoms with Crippen LogP contribution in [0.5, 0.6) is 0 Å². The third kappa shape index (κ3) is 5.78. The number of amides is 2. The number of aromatic nitrogens is 1. The van der Waals surface area contributed by atoms with Gasteiger partial charge < -0.3 is 14.7 Å². The number of nitrogens with zero attached hydrogens (tertiary/aromatic N) is 4. The van der Waals surface area contributed by atoms with Crippen molar-refractivity contribution in [2.24, 2.45) is 0 Å². The van der Waals surface area contributed by atoms with Gasteiger partial charge in [0.05, 0.1) is 5.52 Å². The molecule has 1 aliphatic heterocycles. The summed E-state index contributed by atoms with van der Waals surface area (Å²) in [5.74, 6) is 1.26. The molecule has 0 atom stereocenters. The molecule has 1 aromatic carbocycles. The maximum atomic E-state index is 12.9. The van der Waals surface area contributed by atoms with Gasteiger partial charge in [0, 0.05) is 63.6 Å². The number of benzene rings is 1. The van der Waals surface area contributed by atoms with Gasteiger partial charge in [-0.1, -0.05) is 30.2 Å². The number of aryl methyl sites for hydroxylation is 1. The van der Waals surface area contributed by atoms with E-state index in [0.29, 0.717) is 26.1 Å². The molecule has 1 saturated heterocycles. The second-order valence-corrected chi connectivity index (χ2v) is 9.69. The minimum Gasteiger partial charge on any atom is -0.353 e. The normalized spacial score (nSPS) is 16.5. The Hall–Kier alpha value is -2.89. The van der Waals surface area contributed by atoms with Crippen molar-refractivity contribution in [2.75, 3.05) is 37.6 Å². The van der Waals surface area contributed by atoms with E-state index in [9.17, 15) is 9.59 Å². The van der Waals surface area contributed by atoms with Crippen LogP contribution in [0, 0.1) is 6.92 Å². The Morgan fingerprint density at radius 2 is 1.88 bits per heavy atom. The summed E-state index contributed by atoms with van der Waals surface area (Å²) >= 11 is 0. The fourth-order valence-corrected chi connectivity index (χ4v) is 5.08. The van der Waals surface area contributed by atoms with Crippen LogP contribution < -0.4 is 4.90 Å². The Bertz CT molecular complexity index is 1070. The number of anilines is 1. The topological polar surface area (TPSA) is 56.8 Å². The molecule has 2 heterocycles. The summed E-state index contributed by atoms with van der Waals surface area (Å²) in [6.07, 6.45) is 8.71. The van der Waals surface area contributed by atoms with Crippen molar-refractivity contribution < 1.29 is 9.59 Å². The summed E-state index contributed by atoms with van der Waals surface area (Å²) in [5.41, 5.74) is 4.76. The van der Waals surface area contributed by atoms with Crippen LogP contribution in [-0.2, 0) is 16.1 Å². The van der Waals surface area contributed by atoms with Crippen LogP contribution in [0.4, 0.5) is 5.82 Å². The van der Waals surface area contributed by atoms with Gasteiger partial charge in [-0.3, -0.25) is 9.59 Å². The Morgan fingerprint density at radius 3 is 2.56 bits per heavy atom. The zero-order valence-corrected chi connectivity index (χ0v) is 21.0. The van der Waals surface area contributed by atoms with Crippen molar-refractivity contribution in [3.8, 4) is 0 Å². The molecule has 6 nitrogen and oxygen atoms in total. The molecule has 1 aliphatic carbocycles. The SMILES string of the molecule is CCC(=O)N(CCC1=CCCCC1)Cc1cc2cc(C)ccc2nc1N1CCN(C(C)=O)CC1. The number of pyridine rings is 1. The lowest BCUT2D eigenvalue weighted by atomic mass is 9.97. The minimum atomic E-state index is 0.124. The maximum Gasteiger partial charge on any atom is 0.222 e. The van der Waals surface area contributed by atoms with E-state index in [0.717, 1.165) is 54.8 Å². The van der Waals surface area contributed by atoms with E-state index in [1.807, 2.05) is 16.7 Å². The van der Waals surface area contributed by atoms with Gasteiger partial charge in [0.25, 0.3) is 0 Å². The molecular weight excluding hydrogens is 424 g/mol. The second kappa shape index (κ2) is 11.0. The smallest absolute Gasteiger partial charge is 0.222 e. The zero-order chi connectivity index (χ0) is 24.1. The Labute approximate surface area is 203 Å². The van der Waals surface area contributed by atoms with Crippen molar-refractivity contribution in [1.82, 2.24) is 14.8 Å². The van der Waals surface area contributed by atoms with Gasteiger partial charge in [0.15, 0.2) is 0 Å². The number of allylic oxidation sites excluding steroid dienone is 1. The number of carbonyl (C=O) groups excluding carboxylic acids is 2. The fourth-order valence-electron chi connectivity index (χ4n) is 5.08. The highest BCUT2D eigenvalue weighted by Crippen LogP contribution is 2.28. The molecule has 0 spiro atoms. The lowest BCUT2D eigenvalue weighted by Gasteiger charge is -2.36. The van der Waals surface area contributed by atoms with Crippen LogP contribution in [0.3, 0.4) is 0 Å². The lowest BCUT2D eigenvalue weighted by molar-refractivity contribution is -0.131. The number of hydrogen-bond donors (Lipinski definition) is 0. The Kier molecular flexibility index (Phi) is 7.86. The summed E-state index contributed by atoms with van der Waals surface area (Å²) in [6, 6.07) is 8.56. The maximum absolute atomic E-state index is 12.9. The average Bonchev–Trinajstić information content (AvgIpc) is 2.86. The van der Waals surface area contributed by atoms with E-state index in [2.05, 4.69) is 42.2 Å². The zero-order valence-electron chi connectivity index (χ0n) is 21.0. The molecular formula is C28H38N4O2. The van der Waals surface area contributed by atoms with Crippen molar-refractivity contribution in [3.05, 3.63) is 47.0 Å². The van der Waals surface area contributed by atoms with E-state index in [-0.39, 0.29) is 11.8 Å². The molecule has 182 valence electrons. The molecule has 2 aliphatic rings. The van der Waals surface area contributed by atoms with E-state index in [4.69, 9.17) is 4.98 Å². The number of rotatable bonds is 7. The second-order valence-electron chi connectivity index (χ2n) is 9.69. The quantitative estimate of drug-likeness (QED) is 0.553. The highest BCUT2D eigenvalue weighted by atomic mass is 16.2. The largest absolute Gasteiger partial charge is 0.353 e. The van der Waals surface area contributed by atoms with Crippen LogP contribution in [0.1, 0.15) is 63.5 Å². The molecule has 4 rings (SSSR count). The first-order valence-electron chi connectivity index (χ1n) is 12.8. The molecule has 0 bridgehead atoms. The molecule has 1 fully saturated rings. The Balaban J connectivity index is 1.62. The highest BCUT2D eigenvalue weighted by molar-refractivity contribution is 5.83. The van der Waals surface area contributed by atoms with Crippen molar-refractivity contribution in [2.45, 2.75) is 65.8 Å². The third-order valence-corrected chi connectivity index (χ3v) is 7.16. The van der Waals surface area contributed by atoms with E-state index >= 15 is 0 Å². The molecule has 0 N–H and O–H groups in total. The minimum absolute atomic E-state index is 0.124. The standard InChI is InChI=1S/C28H38N4O2/c1-4-27(34)32(13-12-23-8-6-5-7-9-23)20-25-19-24-18-21(2)10-11-26(24)29-28(25)31-16-14-30(15-17-31)22(3)33/h8,10-11,18-19H,4-7,9,12-17,20H2,1-3H3. The molecule has 2 amide bonds. The van der Waals surface area contributed by atoms with E-state index in [1.165, 1.54) is 30.4 Å². The van der Waals surface area contributed by atoms with Crippen LogP contribution in [0.2, 0.25) is 0 Å². The molecule has 6 heteroatoms. The van der Waals surface area contributed by atoms with Crippen molar-refractivity contribution in [1.29, 1.82) is 0 Å². The van der Waals surface area contributed by atoms with Crippen LogP contribution in [-0.4, -0.2) is 59.3 Å². The van der Waals surface area contributed by atoms with Gasteiger partial charge >= 0.3 is 0 Å². The summed E-state index contributed by atoms with van der Waals surface area (Å²) < 4.78 is 0. The van der Waals surface area contributed by atoms with E-state index in [1.54, 1.807) is 6.92 Å². The van der Waals surface area contributed by atoms with Gasteiger partial charge in [-0.2, -0.15) is 0 Å². The molecule has 0 unspecified atom stereocenters. The first kappa shape index (κ1) is 24.2. The van der Waals surface area contributed by atoms with Crippen molar-refractivity contribution in [3.63, 3.8) is 0 Å². The van der Waals surface area contributed by atoms with Crippen LogP contribution in [0.15, 0.2) is 35.9 Å². The fraction of sp³-hybridized carbons (Fsp3) is 0.536. The van der Waals surface area contributed by atoms with Gasteiger partial charge in [0.2, 0.25) is 11.8 Å². The molecule has 1 aromatic heterocycles. The summed E-state index contributed by atoms with van der Waals surface area (Å²) in [4.78, 5) is 36.0. The summed E-state index contributed by atoms with van der Waals surface area (Å²) in [6.45, 7) is 9.91. The molecule has 0 saturated carbocycles. The predicted octanol–water partition coefficient (Wildman–Crippen LogP) is 4.84. The number of piperazine rings is 1. The van der Waals surface area contributed by atoms with Gasteiger partial charge in [0.1, 0.15) is 5.82 Å². The number of fused-ring (bicyclic) bond motifs is 1. The monoisotopic (exact) mass is 462 g/mol. The van der Waals surface area contributed by atoms with Crippen LogP contribution >= 0.6 is 0 Å². The van der Waals surface area contributed by atoms with Gasteiger partial charge in [-0.15, -0.1) is 0 Å².